The normalized spacial score (nSPS) is 12.1. The molecule has 0 heterocycles. The lowest BCUT2D eigenvalue weighted by Crippen LogP contribution is -2.32. The summed E-state index contributed by atoms with van der Waals surface area (Å²) in [6.45, 7) is 12.9. The van der Waals surface area contributed by atoms with Crippen molar-refractivity contribution in [2.75, 3.05) is 11.9 Å². The van der Waals surface area contributed by atoms with E-state index in [2.05, 4.69) is 20.9 Å². The third kappa shape index (κ3) is 16.1. The molecule has 132 valence electrons. The van der Waals surface area contributed by atoms with E-state index >= 15 is 0 Å². The van der Waals surface area contributed by atoms with Gasteiger partial charge in [-0.25, -0.2) is 4.99 Å². The molecule has 0 amide bonds. The van der Waals surface area contributed by atoms with Gasteiger partial charge in [-0.2, -0.15) is 0 Å². The van der Waals surface area contributed by atoms with Crippen molar-refractivity contribution < 1.29 is 9.47 Å². The molecule has 0 radical (unpaired) electrons. The minimum Gasteiger partial charge on any atom is -0.445 e. The minimum atomic E-state index is -0.278. The number of aliphatic imine (C=N–C) groups is 1. The highest BCUT2D eigenvalue weighted by molar-refractivity contribution is 9.09. The van der Waals surface area contributed by atoms with Crippen LogP contribution < -0.4 is 0 Å². The van der Waals surface area contributed by atoms with Crippen molar-refractivity contribution in [3.05, 3.63) is 0 Å². The second-order valence-corrected chi connectivity index (χ2v) is 8.53. The van der Waals surface area contributed by atoms with Gasteiger partial charge in [-0.3, -0.25) is 0 Å². The highest BCUT2D eigenvalue weighted by atomic mass is 79.9. The molecule has 0 aromatic heterocycles. The summed E-state index contributed by atoms with van der Waals surface area (Å²) in [5.74, 6) is 0. The predicted octanol–water partition coefficient (Wildman–Crippen LogP) is 6.10. The Kier molecular flexibility index (Phi) is 11.2. The summed E-state index contributed by atoms with van der Waals surface area (Å²) in [6, 6.07) is 0. The van der Waals surface area contributed by atoms with E-state index < -0.39 is 0 Å². The Bertz CT molecular complexity index is 285. The van der Waals surface area contributed by atoms with Crippen LogP contribution >= 0.6 is 15.9 Å². The van der Waals surface area contributed by atoms with Crippen LogP contribution in [0.5, 0.6) is 0 Å². The van der Waals surface area contributed by atoms with Crippen LogP contribution in [0.15, 0.2) is 4.99 Å². The van der Waals surface area contributed by atoms with Gasteiger partial charge in [-0.15, -0.1) is 0 Å². The molecule has 0 aliphatic rings. The largest absolute Gasteiger partial charge is 0.445 e. The van der Waals surface area contributed by atoms with Crippen LogP contribution in [0.1, 0.15) is 86.5 Å². The lowest BCUT2D eigenvalue weighted by atomic mass is 10.1. The van der Waals surface area contributed by atoms with Crippen LogP contribution in [0.25, 0.3) is 0 Å². The summed E-state index contributed by atoms with van der Waals surface area (Å²) < 4.78 is 11.6. The minimum absolute atomic E-state index is 0.278. The first-order chi connectivity index (χ1) is 10.1. The van der Waals surface area contributed by atoms with Crippen LogP contribution in [0.3, 0.4) is 0 Å². The van der Waals surface area contributed by atoms with Crippen molar-refractivity contribution in [2.24, 2.45) is 4.99 Å². The Balaban J connectivity index is 3.99. The van der Waals surface area contributed by atoms with E-state index in [1.54, 1.807) is 0 Å². The average Bonchev–Trinajstić information content (AvgIpc) is 2.32. The van der Waals surface area contributed by atoms with Crippen molar-refractivity contribution in [3.63, 3.8) is 0 Å². The molecular formula is C18H36BrNO2. The van der Waals surface area contributed by atoms with E-state index in [4.69, 9.17) is 9.47 Å². The SMILES string of the molecule is CC(C)(C)OC(=NCCCCCCCCCBr)OC(C)(C)C. The van der Waals surface area contributed by atoms with Crippen LogP contribution in [-0.2, 0) is 9.47 Å². The maximum atomic E-state index is 5.81. The van der Waals surface area contributed by atoms with Gasteiger partial charge in [0, 0.05) is 11.9 Å². The molecule has 0 aromatic carbocycles. The Labute approximate surface area is 146 Å². The third-order valence-electron chi connectivity index (χ3n) is 2.82. The Morgan fingerprint density at radius 3 is 1.55 bits per heavy atom. The smallest absolute Gasteiger partial charge is 0.384 e. The van der Waals surface area contributed by atoms with Gasteiger partial charge in [0.1, 0.15) is 11.2 Å². The second-order valence-electron chi connectivity index (χ2n) is 7.74. The highest BCUT2D eigenvalue weighted by Gasteiger charge is 2.21. The second kappa shape index (κ2) is 11.3. The van der Waals surface area contributed by atoms with Gasteiger partial charge in [-0.1, -0.05) is 48.0 Å². The number of nitrogens with zero attached hydrogens (tertiary/aromatic N) is 1. The maximum absolute atomic E-state index is 5.81. The molecule has 0 spiro atoms. The molecule has 0 unspecified atom stereocenters. The van der Waals surface area contributed by atoms with Crippen molar-refractivity contribution >= 4 is 22.0 Å². The van der Waals surface area contributed by atoms with Gasteiger partial charge in [0.15, 0.2) is 0 Å². The zero-order valence-electron chi connectivity index (χ0n) is 15.5. The van der Waals surface area contributed by atoms with E-state index in [9.17, 15) is 0 Å². The van der Waals surface area contributed by atoms with E-state index in [0.717, 1.165) is 18.3 Å². The molecular weight excluding hydrogens is 342 g/mol. The molecule has 0 fully saturated rings. The monoisotopic (exact) mass is 377 g/mol. The van der Waals surface area contributed by atoms with E-state index in [1.807, 2.05) is 41.5 Å². The summed E-state index contributed by atoms with van der Waals surface area (Å²) in [6.07, 6.45) is 9.37. The number of hydrogen-bond acceptors (Lipinski definition) is 3. The van der Waals surface area contributed by atoms with Crippen molar-refractivity contribution in [1.82, 2.24) is 0 Å². The molecule has 0 saturated carbocycles. The summed E-state index contributed by atoms with van der Waals surface area (Å²) in [5, 5.41) is 1.13. The fourth-order valence-corrected chi connectivity index (χ4v) is 2.27. The highest BCUT2D eigenvalue weighted by Crippen LogP contribution is 2.15. The fraction of sp³-hybridized carbons (Fsp3) is 0.944. The standard InChI is InChI=1S/C18H36BrNO2/c1-17(2,3)21-16(22-18(4,5)6)20-15-13-11-9-7-8-10-12-14-19/h7-15H2,1-6H3. The Hall–Kier alpha value is -0.250. The average molecular weight is 378 g/mol. The van der Waals surface area contributed by atoms with E-state index in [1.165, 1.54) is 38.5 Å². The van der Waals surface area contributed by atoms with Gasteiger partial charge in [0.2, 0.25) is 0 Å². The number of hydrogen-bond donors (Lipinski definition) is 0. The van der Waals surface area contributed by atoms with Crippen LogP contribution in [0.2, 0.25) is 0 Å². The number of halogens is 1. The molecule has 0 aromatic rings. The van der Waals surface area contributed by atoms with Crippen molar-refractivity contribution in [1.29, 1.82) is 0 Å². The van der Waals surface area contributed by atoms with Crippen LogP contribution in [-0.4, -0.2) is 29.2 Å². The van der Waals surface area contributed by atoms with Crippen molar-refractivity contribution in [3.8, 4) is 0 Å². The molecule has 0 saturated heterocycles. The Morgan fingerprint density at radius 1 is 0.727 bits per heavy atom. The third-order valence-corrected chi connectivity index (χ3v) is 3.38. The zero-order valence-corrected chi connectivity index (χ0v) is 17.1. The van der Waals surface area contributed by atoms with E-state index in [-0.39, 0.29) is 11.2 Å². The molecule has 4 heteroatoms. The number of unbranched alkanes of at least 4 members (excludes halogenated alkanes) is 6. The van der Waals surface area contributed by atoms with Gasteiger partial charge in [0.25, 0.3) is 0 Å². The number of ether oxygens (including phenoxy) is 2. The van der Waals surface area contributed by atoms with Crippen LogP contribution in [0.4, 0.5) is 0 Å². The zero-order chi connectivity index (χ0) is 17.1. The van der Waals surface area contributed by atoms with Gasteiger partial charge >= 0.3 is 6.08 Å². The summed E-state index contributed by atoms with van der Waals surface area (Å²) in [7, 11) is 0. The lowest BCUT2D eigenvalue weighted by molar-refractivity contribution is 0.00878. The van der Waals surface area contributed by atoms with Crippen molar-refractivity contribution in [2.45, 2.75) is 97.7 Å². The quantitative estimate of drug-likeness (QED) is 0.210. The van der Waals surface area contributed by atoms with Gasteiger partial charge < -0.3 is 9.47 Å². The first-order valence-corrected chi connectivity index (χ1v) is 9.75. The molecule has 0 atom stereocenters. The van der Waals surface area contributed by atoms with Gasteiger partial charge in [0.05, 0.1) is 0 Å². The molecule has 0 rings (SSSR count). The topological polar surface area (TPSA) is 30.8 Å². The maximum Gasteiger partial charge on any atom is 0.384 e. The molecule has 22 heavy (non-hydrogen) atoms. The predicted molar refractivity (Wildman–Crippen MR) is 100 cm³/mol. The van der Waals surface area contributed by atoms with Gasteiger partial charge in [-0.05, 0) is 54.4 Å². The summed E-state index contributed by atoms with van der Waals surface area (Å²) in [5.41, 5.74) is -0.557. The Morgan fingerprint density at radius 2 is 1.14 bits per heavy atom. The van der Waals surface area contributed by atoms with Crippen LogP contribution in [0, 0.1) is 0 Å². The molecule has 0 N–H and O–H groups in total. The molecule has 3 nitrogen and oxygen atoms in total. The fourth-order valence-electron chi connectivity index (χ4n) is 1.87. The molecule has 0 aliphatic carbocycles. The summed E-state index contributed by atoms with van der Waals surface area (Å²) >= 11 is 3.47. The number of alkyl halides is 1. The van der Waals surface area contributed by atoms with E-state index in [0.29, 0.717) is 6.08 Å². The summed E-state index contributed by atoms with van der Waals surface area (Å²) in [4.78, 5) is 4.51. The first kappa shape index (κ1) is 21.8. The molecule has 0 aliphatic heterocycles. The lowest BCUT2D eigenvalue weighted by Gasteiger charge is -2.27. The first-order valence-electron chi connectivity index (χ1n) is 8.62. The number of rotatable bonds is 9. The molecule has 0 bridgehead atoms.